The fourth-order valence-corrected chi connectivity index (χ4v) is 2.79. The third-order valence-corrected chi connectivity index (χ3v) is 4.67. The lowest BCUT2D eigenvalue weighted by Gasteiger charge is -2.10. The monoisotopic (exact) mass is 347 g/mol. The highest BCUT2D eigenvalue weighted by Gasteiger charge is 2.14. The van der Waals surface area contributed by atoms with Crippen molar-refractivity contribution in [1.29, 1.82) is 0 Å². The fraction of sp³-hybridized carbons (Fsp3) is 0.278. The van der Waals surface area contributed by atoms with Gasteiger partial charge >= 0.3 is 0 Å². The molecule has 24 heavy (non-hydrogen) atoms. The van der Waals surface area contributed by atoms with Crippen LogP contribution in [0.2, 0.25) is 0 Å². The Balaban J connectivity index is 1.94. The predicted molar refractivity (Wildman–Crippen MR) is 93.3 cm³/mol. The lowest BCUT2D eigenvalue weighted by atomic mass is 10.1. The van der Waals surface area contributed by atoms with Gasteiger partial charge in [0.2, 0.25) is 0 Å². The molecule has 0 atom stereocenters. The summed E-state index contributed by atoms with van der Waals surface area (Å²) < 4.78 is 28.8. The zero-order valence-corrected chi connectivity index (χ0v) is 14.8. The molecule has 2 rings (SSSR count). The largest absolute Gasteiger partial charge is 0.492 e. The third kappa shape index (κ3) is 4.83. The molecule has 1 N–H and O–H groups in total. The number of aryl methyl sites for hydroxylation is 2. The van der Waals surface area contributed by atoms with Crippen LogP contribution in [-0.2, 0) is 9.84 Å². The minimum Gasteiger partial charge on any atom is -0.492 e. The Kier molecular flexibility index (Phi) is 5.62. The van der Waals surface area contributed by atoms with E-state index in [0.29, 0.717) is 18.7 Å². The zero-order chi connectivity index (χ0) is 17.7. The number of nitrogens with one attached hydrogen (secondary N) is 1. The number of benzene rings is 2. The predicted octanol–water partition coefficient (Wildman–Crippen LogP) is 2.52. The summed E-state index contributed by atoms with van der Waals surface area (Å²) in [6.45, 7) is 4.43. The van der Waals surface area contributed by atoms with Crippen molar-refractivity contribution in [3.8, 4) is 5.75 Å². The van der Waals surface area contributed by atoms with Gasteiger partial charge in [-0.25, -0.2) is 8.42 Å². The summed E-state index contributed by atoms with van der Waals surface area (Å²) in [6, 6.07) is 12.2. The maximum atomic E-state index is 12.2. The summed E-state index contributed by atoms with van der Waals surface area (Å²) in [5.41, 5.74) is 2.23. The van der Waals surface area contributed by atoms with Crippen molar-refractivity contribution in [2.75, 3.05) is 19.4 Å². The van der Waals surface area contributed by atoms with Crippen LogP contribution in [0.5, 0.6) is 5.75 Å². The van der Waals surface area contributed by atoms with Crippen molar-refractivity contribution in [3.63, 3.8) is 0 Å². The topological polar surface area (TPSA) is 72.5 Å². The molecule has 128 valence electrons. The van der Waals surface area contributed by atoms with Crippen molar-refractivity contribution >= 4 is 15.7 Å². The molecule has 0 radical (unpaired) electrons. The van der Waals surface area contributed by atoms with Crippen LogP contribution in [0.3, 0.4) is 0 Å². The first-order valence-electron chi connectivity index (χ1n) is 7.56. The highest BCUT2D eigenvalue weighted by molar-refractivity contribution is 7.90. The number of ether oxygens (including phenoxy) is 1. The van der Waals surface area contributed by atoms with Gasteiger partial charge in [0.05, 0.1) is 11.4 Å². The van der Waals surface area contributed by atoms with Crippen LogP contribution in [0.1, 0.15) is 21.5 Å². The van der Waals surface area contributed by atoms with E-state index in [1.54, 1.807) is 13.0 Å². The van der Waals surface area contributed by atoms with Crippen LogP contribution in [0, 0.1) is 13.8 Å². The molecule has 2 aromatic carbocycles. The molecule has 0 spiro atoms. The Bertz CT molecular complexity index is 827. The van der Waals surface area contributed by atoms with E-state index in [0.717, 1.165) is 23.1 Å². The number of hydrogen-bond donors (Lipinski definition) is 1. The summed E-state index contributed by atoms with van der Waals surface area (Å²) in [6.07, 6.45) is 1.12. The van der Waals surface area contributed by atoms with Crippen molar-refractivity contribution in [3.05, 3.63) is 59.2 Å². The Hall–Kier alpha value is -2.34. The van der Waals surface area contributed by atoms with Crippen LogP contribution < -0.4 is 10.1 Å². The molecular formula is C18H21NO4S. The van der Waals surface area contributed by atoms with E-state index in [1.807, 2.05) is 31.2 Å². The highest BCUT2D eigenvalue weighted by atomic mass is 32.2. The summed E-state index contributed by atoms with van der Waals surface area (Å²) in [5, 5.41) is 2.74. The molecule has 0 bridgehead atoms. The Morgan fingerprint density at radius 3 is 2.38 bits per heavy atom. The first-order chi connectivity index (χ1) is 11.3. The van der Waals surface area contributed by atoms with E-state index in [1.165, 1.54) is 12.1 Å². The van der Waals surface area contributed by atoms with Gasteiger partial charge in [-0.2, -0.15) is 0 Å². The van der Waals surface area contributed by atoms with Gasteiger partial charge in [-0.3, -0.25) is 4.79 Å². The van der Waals surface area contributed by atoms with Gasteiger partial charge in [0, 0.05) is 11.8 Å². The average molecular weight is 347 g/mol. The lowest BCUT2D eigenvalue weighted by Crippen LogP contribution is -2.28. The second-order valence-electron chi connectivity index (χ2n) is 5.67. The molecule has 1 amide bonds. The highest BCUT2D eigenvalue weighted by Crippen LogP contribution is 2.15. The van der Waals surface area contributed by atoms with Gasteiger partial charge in [-0.1, -0.05) is 23.8 Å². The zero-order valence-electron chi connectivity index (χ0n) is 14.0. The first kappa shape index (κ1) is 18.0. The van der Waals surface area contributed by atoms with Crippen LogP contribution >= 0.6 is 0 Å². The van der Waals surface area contributed by atoms with Gasteiger partial charge in [-0.05, 0) is 43.7 Å². The van der Waals surface area contributed by atoms with Gasteiger partial charge < -0.3 is 10.1 Å². The molecule has 0 heterocycles. The molecule has 0 fully saturated rings. The number of amides is 1. The van der Waals surface area contributed by atoms with Crippen LogP contribution in [-0.4, -0.2) is 33.7 Å². The standard InChI is InChI=1S/C18H21NO4S/c1-13-4-7-15(8-5-13)23-11-10-19-18(20)17-12-16(24(3,21)22)9-6-14(17)2/h4-9,12H,10-11H2,1-3H3,(H,19,20). The van der Waals surface area contributed by atoms with Gasteiger partial charge in [0.15, 0.2) is 9.84 Å². The SMILES string of the molecule is Cc1ccc(OCCNC(=O)c2cc(S(C)(=O)=O)ccc2C)cc1. The van der Waals surface area contributed by atoms with Crippen molar-refractivity contribution in [1.82, 2.24) is 5.32 Å². The van der Waals surface area contributed by atoms with E-state index in [4.69, 9.17) is 4.74 Å². The van der Waals surface area contributed by atoms with Crippen molar-refractivity contribution in [2.45, 2.75) is 18.7 Å². The summed E-state index contributed by atoms with van der Waals surface area (Å²) >= 11 is 0. The second kappa shape index (κ2) is 7.49. The molecule has 0 saturated heterocycles. The normalized spacial score (nSPS) is 11.1. The number of sulfone groups is 1. The average Bonchev–Trinajstić information content (AvgIpc) is 2.52. The number of hydrogen-bond acceptors (Lipinski definition) is 4. The molecule has 0 aromatic heterocycles. The van der Waals surface area contributed by atoms with Crippen LogP contribution in [0.25, 0.3) is 0 Å². The minimum absolute atomic E-state index is 0.133. The summed E-state index contributed by atoms with van der Waals surface area (Å²) in [5.74, 6) is 0.426. The Morgan fingerprint density at radius 2 is 1.75 bits per heavy atom. The molecule has 0 aliphatic carbocycles. The minimum atomic E-state index is -3.35. The molecular weight excluding hydrogens is 326 g/mol. The molecule has 6 heteroatoms. The van der Waals surface area contributed by atoms with E-state index < -0.39 is 9.84 Å². The second-order valence-corrected chi connectivity index (χ2v) is 7.68. The molecule has 0 aliphatic heterocycles. The van der Waals surface area contributed by atoms with E-state index >= 15 is 0 Å². The molecule has 2 aromatic rings. The molecule has 0 aliphatic rings. The quantitative estimate of drug-likeness (QED) is 0.815. The number of carbonyl (C=O) groups is 1. The van der Waals surface area contributed by atoms with Crippen LogP contribution in [0.15, 0.2) is 47.4 Å². The Morgan fingerprint density at radius 1 is 1.08 bits per heavy atom. The Labute approximate surface area is 142 Å². The van der Waals surface area contributed by atoms with Gasteiger partial charge in [0.1, 0.15) is 12.4 Å². The lowest BCUT2D eigenvalue weighted by molar-refractivity contribution is 0.0946. The fourth-order valence-electron chi connectivity index (χ4n) is 2.14. The first-order valence-corrected chi connectivity index (χ1v) is 9.45. The maximum Gasteiger partial charge on any atom is 0.251 e. The van der Waals surface area contributed by atoms with Crippen molar-refractivity contribution < 1.29 is 17.9 Å². The molecule has 0 saturated carbocycles. The maximum absolute atomic E-state index is 12.2. The van der Waals surface area contributed by atoms with E-state index in [9.17, 15) is 13.2 Å². The van der Waals surface area contributed by atoms with E-state index in [2.05, 4.69) is 5.32 Å². The number of rotatable bonds is 6. The van der Waals surface area contributed by atoms with Gasteiger partial charge in [-0.15, -0.1) is 0 Å². The summed E-state index contributed by atoms with van der Waals surface area (Å²) in [7, 11) is -3.35. The molecule has 0 unspecified atom stereocenters. The third-order valence-electron chi connectivity index (χ3n) is 3.56. The smallest absolute Gasteiger partial charge is 0.251 e. The summed E-state index contributed by atoms with van der Waals surface area (Å²) in [4.78, 5) is 12.4. The molecule has 5 nitrogen and oxygen atoms in total. The number of carbonyl (C=O) groups excluding carboxylic acids is 1. The van der Waals surface area contributed by atoms with Gasteiger partial charge in [0.25, 0.3) is 5.91 Å². The van der Waals surface area contributed by atoms with Crippen LogP contribution in [0.4, 0.5) is 0 Å². The van der Waals surface area contributed by atoms with Crippen molar-refractivity contribution in [2.24, 2.45) is 0 Å². The van der Waals surface area contributed by atoms with E-state index in [-0.39, 0.29) is 10.8 Å².